The second-order valence-electron chi connectivity index (χ2n) is 7.81. The van der Waals surface area contributed by atoms with E-state index in [9.17, 15) is 14.4 Å². The van der Waals surface area contributed by atoms with Gasteiger partial charge in [-0.25, -0.2) is 4.79 Å². The number of rotatable bonds is 8. The molecule has 0 radical (unpaired) electrons. The zero-order valence-electron chi connectivity index (χ0n) is 18.8. The number of carbonyl (C=O) groups excluding carboxylic acids is 1. The number of methoxy groups -OCH3 is 1. The molecule has 0 unspecified atom stereocenters. The van der Waals surface area contributed by atoms with Crippen LogP contribution in [0.5, 0.6) is 0 Å². The predicted octanol–water partition coefficient (Wildman–Crippen LogP) is 2.13. The minimum Gasteiger partial charge on any atom is -0.385 e. The van der Waals surface area contributed by atoms with Crippen molar-refractivity contribution in [3.8, 4) is 5.69 Å². The quantitative estimate of drug-likeness (QED) is 0.546. The van der Waals surface area contributed by atoms with E-state index in [-0.39, 0.29) is 12.2 Å². The standard InChI is InChI=1S/C24H28N4O4/c1-16-12-17(2)14-20(13-16)28-24(31)27(15-19-9-6-5-8-18(19)3)23(30)21(26-28)22(29)25-10-7-11-32-4/h5-6,8-9,12-14H,7,10-11,15H2,1-4H3,(H,25,29). The molecule has 8 nitrogen and oxygen atoms in total. The van der Waals surface area contributed by atoms with Gasteiger partial charge in [0, 0.05) is 20.3 Å². The molecule has 3 aromatic rings. The minimum absolute atomic E-state index is 0.0433. The number of hydrogen-bond acceptors (Lipinski definition) is 5. The Morgan fingerprint density at radius 3 is 2.41 bits per heavy atom. The molecule has 0 aliphatic heterocycles. The summed E-state index contributed by atoms with van der Waals surface area (Å²) in [4.78, 5) is 39.3. The van der Waals surface area contributed by atoms with Crippen molar-refractivity contribution in [1.29, 1.82) is 0 Å². The van der Waals surface area contributed by atoms with Crippen LogP contribution in [-0.2, 0) is 11.3 Å². The van der Waals surface area contributed by atoms with Crippen LogP contribution in [0.2, 0.25) is 0 Å². The fraction of sp³-hybridized carbons (Fsp3) is 0.333. The van der Waals surface area contributed by atoms with Gasteiger partial charge in [0.05, 0.1) is 12.2 Å². The van der Waals surface area contributed by atoms with E-state index in [0.29, 0.717) is 25.3 Å². The summed E-state index contributed by atoms with van der Waals surface area (Å²) < 4.78 is 7.18. The van der Waals surface area contributed by atoms with Gasteiger partial charge in [0.1, 0.15) is 0 Å². The highest BCUT2D eigenvalue weighted by Crippen LogP contribution is 2.12. The highest BCUT2D eigenvalue weighted by molar-refractivity contribution is 5.91. The van der Waals surface area contributed by atoms with Crippen LogP contribution in [0.4, 0.5) is 0 Å². The topological polar surface area (TPSA) is 95.2 Å². The molecule has 2 aromatic carbocycles. The predicted molar refractivity (Wildman–Crippen MR) is 123 cm³/mol. The van der Waals surface area contributed by atoms with Crippen molar-refractivity contribution in [1.82, 2.24) is 19.7 Å². The lowest BCUT2D eigenvalue weighted by molar-refractivity contribution is 0.0938. The summed E-state index contributed by atoms with van der Waals surface area (Å²) in [6.07, 6.45) is 0.594. The molecule has 0 bridgehead atoms. The third-order valence-electron chi connectivity index (χ3n) is 5.13. The van der Waals surface area contributed by atoms with Gasteiger partial charge in [0.25, 0.3) is 11.5 Å². The summed E-state index contributed by atoms with van der Waals surface area (Å²) in [5.74, 6) is -0.622. The van der Waals surface area contributed by atoms with Crippen molar-refractivity contribution in [2.45, 2.75) is 33.7 Å². The van der Waals surface area contributed by atoms with Gasteiger partial charge in [0.2, 0.25) is 5.69 Å². The largest absolute Gasteiger partial charge is 0.385 e. The maximum Gasteiger partial charge on any atom is 0.352 e. The van der Waals surface area contributed by atoms with Crippen LogP contribution >= 0.6 is 0 Å². The molecule has 1 amide bonds. The molecule has 0 aliphatic rings. The highest BCUT2D eigenvalue weighted by Gasteiger charge is 2.20. The van der Waals surface area contributed by atoms with E-state index < -0.39 is 17.2 Å². The number of nitrogens with one attached hydrogen (secondary N) is 1. The molecule has 1 heterocycles. The third kappa shape index (κ3) is 5.20. The second kappa shape index (κ2) is 10.2. The van der Waals surface area contributed by atoms with E-state index in [1.807, 2.05) is 51.1 Å². The number of amides is 1. The van der Waals surface area contributed by atoms with Gasteiger partial charge in [-0.05, 0) is 61.6 Å². The number of aryl methyl sites for hydroxylation is 3. The van der Waals surface area contributed by atoms with Crippen molar-refractivity contribution in [2.75, 3.05) is 20.3 Å². The first-order valence-corrected chi connectivity index (χ1v) is 10.5. The van der Waals surface area contributed by atoms with Crippen molar-refractivity contribution in [2.24, 2.45) is 0 Å². The zero-order valence-corrected chi connectivity index (χ0v) is 18.8. The average molecular weight is 437 g/mol. The van der Waals surface area contributed by atoms with Gasteiger partial charge in [-0.2, -0.15) is 9.78 Å². The maximum absolute atomic E-state index is 13.3. The normalized spacial score (nSPS) is 10.9. The van der Waals surface area contributed by atoms with E-state index in [2.05, 4.69) is 10.4 Å². The number of nitrogens with zero attached hydrogens (tertiary/aromatic N) is 3. The van der Waals surface area contributed by atoms with Crippen LogP contribution in [0.15, 0.2) is 52.1 Å². The van der Waals surface area contributed by atoms with Gasteiger partial charge in [-0.3, -0.25) is 14.2 Å². The maximum atomic E-state index is 13.3. The minimum atomic E-state index is -0.719. The summed E-state index contributed by atoms with van der Waals surface area (Å²) in [6, 6.07) is 13.1. The SMILES string of the molecule is COCCCNC(=O)c1nn(-c2cc(C)cc(C)c2)c(=O)n(Cc2ccccc2C)c1=O. The van der Waals surface area contributed by atoms with Gasteiger partial charge in [0.15, 0.2) is 0 Å². The van der Waals surface area contributed by atoms with Crippen LogP contribution < -0.4 is 16.6 Å². The number of aromatic nitrogens is 3. The molecule has 32 heavy (non-hydrogen) atoms. The van der Waals surface area contributed by atoms with Gasteiger partial charge >= 0.3 is 5.69 Å². The summed E-state index contributed by atoms with van der Waals surface area (Å²) >= 11 is 0. The van der Waals surface area contributed by atoms with Crippen molar-refractivity contribution in [3.63, 3.8) is 0 Å². The van der Waals surface area contributed by atoms with E-state index >= 15 is 0 Å². The molecule has 0 aliphatic carbocycles. The number of hydrogen-bond donors (Lipinski definition) is 1. The van der Waals surface area contributed by atoms with E-state index in [0.717, 1.165) is 31.5 Å². The molecule has 8 heteroatoms. The molecular formula is C24H28N4O4. The summed E-state index contributed by atoms with van der Waals surface area (Å²) in [5, 5.41) is 6.86. The summed E-state index contributed by atoms with van der Waals surface area (Å²) in [6.45, 7) is 6.58. The molecule has 1 aromatic heterocycles. The lowest BCUT2D eigenvalue weighted by Gasteiger charge is -2.14. The van der Waals surface area contributed by atoms with Crippen LogP contribution in [0, 0.1) is 20.8 Å². The Morgan fingerprint density at radius 1 is 1.06 bits per heavy atom. The molecule has 0 saturated carbocycles. The fourth-order valence-electron chi connectivity index (χ4n) is 3.50. The first kappa shape index (κ1) is 23.1. The van der Waals surface area contributed by atoms with Crippen molar-refractivity contribution >= 4 is 5.91 Å². The molecule has 1 N–H and O–H groups in total. The Hall–Kier alpha value is -3.52. The molecule has 0 fully saturated rings. The molecule has 168 valence electrons. The molecule has 0 spiro atoms. The Kier molecular flexibility index (Phi) is 7.37. The zero-order chi connectivity index (χ0) is 23.3. The van der Waals surface area contributed by atoms with Crippen LogP contribution in [0.25, 0.3) is 5.69 Å². The summed E-state index contributed by atoms with van der Waals surface area (Å²) in [5.41, 5.74) is 2.50. The average Bonchev–Trinajstić information content (AvgIpc) is 2.74. The second-order valence-corrected chi connectivity index (χ2v) is 7.81. The molecule has 0 atom stereocenters. The van der Waals surface area contributed by atoms with Gasteiger partial charge < -0.3 is 10.1 Å². The Bertz CT molecular complexity index is 1220. The number of ether oxygens (including phenoxy) is 1. The Balaban J connectivity index is 2.14. The fourth-order valence-corrected chi connectivity index (χ4v) is 3.50. The Morgan fingerprint density at radius 2 is 1.75 bits per heavy atom. The molecule has 3 rings (SSSR count). The summed E-state index contributed by atoms with van der Waals surface area (Å²) in [7, 11) is 1.58. The molecule has 0 saturated heterocycles. The third-order valence-corrected chi connectivity index (χ3v) is 5.13. The lowest BCUT2D eigenvalue weighted by atomic mass is 10.1. The Labute approximate surface area is 186 Å². The van der Waals surface area contributed by atoms with E-state index in [1.165, 1.54) is 0 Å². The van der Waals surface area contributed by atoms with Crippen molar-refractivity contribution < 1.29 is 9.53 Å². The highest BCUT2D eigenvalue weighted by atomic mass is 16.5. The smallest absolute Gasteiger partial charge is 0.352 e. The van der Waals surface area contributed by atoms with Gasteiger partial charge in [-0.15, -0.1) is 0 Å². The first-order valence-electron chi connectivity index (χ1n) is 10.5. The van der Waals surface area contributed by atoms with E-state index in [4.69, 9.17) is 4.74 Å². The molecular weight excluding hydrogens is 408 g/mol. The van der Waals surface area contributed by atoms with Crippen LogP contribution in [0.3, 0.4) is 0 Å². The van der Waals surface area contributed by atoms with E-state index in [1.54, 1.807) is 19.2 Å². The lowest BCUT2D eigenvalue weighted by Crippen LogP contribution is -2.46. The van der Waals surface area contributed by atoms with Gasteiger partial charge in [-0.1, -0.05) is 30.3 Å². The number of carbonyl (C=O) groups is 1. The first-order chi connectivity index (χ1) is 15.3. The monoisotopic (exact) mass is 436 g/mol. The van der Waals surface area contributed by atoms with Crippen molar-refractivity contribution in [3.05, 3.63) is 91.3 Å². The van der Waals surface area contributed by atoms with Crippen LogP contribution in [-0.4, -0.2) is 40.5 Å². The number of benzene rings is 2. The van der Waals surface area contributed by atoms with Crippen LogP contribution in [0.1, 0.15) is 39.2 Å².